The second-order valence-electron chi connectivity index (χ2n) is 6.01. The van der Waals surface area contributed by atoms with Gasteiger partial charge in [-0.25, -0.2) is 0 Å². The number of carbonyl (C=O) groups is 1. The Hall–Kier alpha value is -2.66. The molecule has 0 atom stereocenters. The van der Waals surface area contributed by atoms with Crippen molar-refractivity contribution in [1.82, 2.24) is 10.3 Å². The number of H-pyrrole nitrogens is 1. The van der Waals surface area contributed by atoms with Gasteiger partial charge in [-0.3, -0.25) is 4.79 Å². The highest BCUT2D eigenvalue weighted by Crippen LogP contribution is 2.29. The van der Waals surface area contributed by atoms with E-state index >= 15 is 0 Å². The van der Waals surface area contributed by atoms with E-state index in [0.29, 0.717) is 36.9 Å². The summed E-state index contributed by atoms with van der Waals surface area (Å²) in [7, 11) is 0. The van der Waals surface area contributed by atoms with E-state index in [2.05, 4.69) is 10.3 Å². The monoisotopic (exact) mass is 386 g/mol. The van der Waals surface area contributed by atoms with Crippen LogP contribution in [-0.2, 0) is 6.42 Å². The average Bonchev–Trinajstić information content (AvgIpc) is 3.01. The maximum atomic E-state index is 12.5. The minimum atomic E-state index is -0.216. The molecule has 0 aliphatic carbocycles. The van der Waals surface area contributed by atoms with E-state index in [9.17, 15) is 4.79 Å². The molecule has 1 amide bonds. The molecule has 3 aromatic rings. The number of nitrogens with one attached hydrogen (secondary N) is 2. The molecule has 0 bridgehead atoms. The van der Waals surface area contributed by atoms with Crippen LogP contribution in [0.2, 0.25) is 5.02 Å². The molecule has 0 aliphatic rings. The summed E-state index contributed by atoms with van der Waals surface area (Å²) in [5, 5.41) is 4.21. The van der Waals surface area contributed by atoms with Gasteiger partial charge in [0.25, 0.3) is 5.91 Å². The highest BCUT2D eigenvalue weighted by atomic mass is 35.5. The highest BCUT2D eigenvalue weighted by molar-refractivity contribution is 6.38. The second-order valence-corrected chi connectivity index (χ2v) is 6.39. The molecule has 1 aromatic heterocycles. The first kappa shape index (κ1) is 19.1. The molecule has 3 rings (SSSR count). The smallest absolute Gasteiger partial charge is 0.269 e. The summed E-state index contributed by atoms with van der Waals surface area (Å²) in [5.74, 6) is 1.24. The number of amides is 1. The van der Waals surface area contributed by atoms with E-state index in [1.54, 1.807) is 0 Å². The van der Waals surface area contributed by atoms with Crippen molar-refractivity contribution in [2.24, 2.45) is 0 Å². The fraction of sp³-hybridized carbons (Fsp3) is 0.286. The van der Waals surface area contributed by atoms with Crippen LogP contribution in [0.15, 0.2) is 42.5 Å². The lowest BCUT2D eigenvalue weighted by Gasteiger charge is -2.12. The van der Waals surface area contributed by atoms with Crippen LogP contribution in [0.1, 0.15) is 29.9 Å². The molecule has 0 saturated heterocycles. The number of aromatic nitrogens is 1. The quantitative estimate of drug-likeness (QED) is 0.595. The van der Waals surface area contributed by atoms with E-state index in [4.69, 9.17) is 21.1 Å². The molecule has 5 nitrogen and oxygen atoms in total. The summed E-state index contributed by atoms with van der Waals surface area (Å²) >= 11 is 6.33. The summed E-state index contributed by atoms with van der Waals surface area (Å²) in [4.78, 5) is 15.5. The minimum absolute atomic E-state index is 0.216. The number of hydrogen-bond acceptors (Lipinski definition) is 3. The van der Waals surface area contributed by atoms with Crippen molar-refractivity contribution in [3.63, 3.8) is 0 Å². The lowest BCUT2D eigenvalue weighted by Crippen LogP contribution is -2.26. The second kappa shape index (κ2) is 8.82. The third-order valence-electron chi connectivity index (χ3n) is 4.18. The average molecular weight is 387 g/mol. The first-order valence-corrected chi connectivity index (χ1v) is 9.44. The topological polar surface area (TPSA) is 63.3 Å². The first-order valence-electron chi connectivity index (χ1n) is 9.07. The van der Waals surface area contributed by atoms with Crippen molar-refractivity contribution >= 4 is 28.4 Å². The van der Waals surface area contributed by atoms with Crippen LogP contribution in [0.3, 0.4) is 0 Å². The summed E-state index contributed by atoms with van der Waals surface area (Å²) in [6.07, 6.45) is 0.677. The molecule has 0 aliphatic heterocycles. The molecule has 27 heavy (non-hydrogen) atoms. The standard InChI is InChI=1S/C21H23ClN2O3/c1-3-26-17-10-9-14(13-18(17)27-4-2)11-12-23-21(25)20-19(22)15-7-5-6-8-16(15)24-20/h5-10,13,24H,3-4,11-12H2,1-2H3,(H,23,25). The Labute approximate surface area is 163 Å². The van der Waals surface area contributed by atoms with Gasteiger partial charge in [-0.05, 0) is 44.0 Å². The molecule has 0 unspecified atom stereocenters. The number of aromatic amines is 1. The maximum Gasteiger partial charge on any atom is 0.269 e. The predicted molar refractivity (Wildman–Crippen MR) is 108 cm³/mol. The number of carbonyl (C=O) groups excluding carboxylic acids is 1. The molecule has 0 saturated carbocycles. The molecule has 142 valence electrons. The Morgan fingerprint density at radius 2 is 1.81 bits per heavy atom. The van der Waals surface area contributed by atoms with Gasteiger partial charge >= 0.3 is 0 Å². The number of fused-ring (bicyclic) bond motifs is 1. The fourth-order valence-corrected chi connectivity index (χ4v) is 3.22. The molecule has 2 N–H and O–H groups in total. The van der Waals surface area contributed by atoms with E-state index in [-0.39, 0.29) is 5.91 Å². The summed E-state index contributed by atoms with van der Waals surface area (Å²) in [5.41, 5.74) is 2.30. The van der Waals surface area contributed by atoms with Crippen molar-refractivity contribution in [3.05, 3.63) is 58.7 Å². The first-order chi connectivity index (χ1) is 13.1. The van der Waals surface area contributed by atoms with Crippen molar-refractivity contribution in [2.75, 3.05) is 19.8 Å². The van der Waals surface area contributed by atoms with Gasteiger partial charge in [0.2, 0.25) is 0 Å². The number of rotatable bonds is 8. The molecular formula is C21H23ClN2O3. The molecule has 0 fully saturated rings. The van der Waals surface area contributed by atoms with Crippen LogP contribution in [0.25, 0.3) is 10.9 Å². The zero-order chi connectivity index (χ0) is 19.2. The van der Waals surface area contributed by atoms with Crippen LogP contribution in [0.5, 0.6) is 11.5 Å². The number of para-hydroxylation sites is 1. The third-order valence-corrected chi connectivity index (χ3v) is 4.57. The Morgan fingerprint density at radius 1 is 1.07 bits per heavy atom. The van der Waals surface area contributed by atoms with E-state index < -0.39 is 0 Å². The summed E-state index contributed by atoms with van der Waals surface area (Å²) < 4.78 is 11.2. The Bertz CT molecular complexity index is 936. The van der Waals surface area contributed by atoms with E-state index in [1.165, 1.54) is 0 Å². The predicted octanol–water partition coefficient (Wildman–Crippen LogP) is 4.59. The maximum absolute atomic E-state index is 12.5. The lowest BCUT2D eigenvalue weighted by atomic mass is 10.1. The van der Waals surface area contributed by atoms with Gasteiger partial charge in [-0.1, -0.05) is 35.9 Å². The summed E-state index contributed by atoms with van der Waals surface area (Å²) in [6.45, 7) is 5.52. The zero-order valence-electron chi connectivity index (χ0n) is 15.5. The van der Waals surface area contributed by atoms with Gasteiger partial charge in [0.05, 0.1) is 18.2 Å². The van der Waals surface area contributed by atoms with Crippen molar-refractivity contribution in [1.29, 1.82) is 0 Å². The SMILES string of the molecule is CCOc1ccc(CCNC(=O)c2[nH]c3ccccc3c2Cl)cc1OCC. The fourth-order valence-electron chi connectivity index (χ4n) is 2.92. The largest absolute Gasteiger partial charge is 0.490 e. The van der Waals surface area contributed by atoms with Crippen molar-refractivity contribution < 1.29 is 14.3 Å². The van der Waals surface area contributed by atoms with Crippen LogP contribution < -0.4 is 14.8 Å². The molecule has 1 heterocycles. The highest BCUT2D eigenvalue weighted by Gasteiger charge is 2.15. The summed E-state index contributed by atoms with van der Waals surface area (Å²) in [6, 6.07) is 13.4. The van der Waals surface area contributed by atoms with Gasteiger partial charge < -0.3 is 19.8 Å². The zero-order valence-corrected chi connectivity index (χ0v) is 16.2. The number of hydrogen-bond donors (Lipinski definition) is 2. The van der Waals surface area contributed by atoms with Gasteiger partial charge in [0, 0.05) is 17.4 Å². The Morgan fingerprint density at radius 3 is 2.56 bits per heavy atom. The minimum Gasteiger partial charge on any atom is -0.490 e. The normalized spacial score (nSPS) is 10.8. The molecule has 0 spiro atoms. The van der Waals surface area contributed by atoms with Gasteiger partial charge in [-0.2, -0.15) is 0 Å². The molecular weight excluding hydrogens is 364 g/mol. The Kier molecular flexibility index (Phi) is 6.24. The number of halogens is 1. The van der Waals surface area contributed by atoms with Gasteiger partial charge in [-0.15, -0.1) is 0 Å². The van der Waals surface area contributed by atoms with Crippen molar-refractivity contribution in [2.45, 2.75) is 20.3 Å². The molecule has 2 aromatic carbocycles. The van der Waals surface area contributed by atoms with E-state index in [1.807, 2.05) is 56.3 Å². The van der Waals surface area contributed by atoms with Crippen LogP contribution in [0.4, 0.5) is 0 Å². The number of ether oxygens (including phenoxy) is 2. The number of benzene rings is 2. The van der Waals surface area contributed by atoms with Crippen molar-refractivity contribution in [3.8, 4) is 11.5 Å². The van der Waals surface area contributed by atoms with Gasteiger partial charge in [0.1, 0.15) is 5.69 Å². The molecule has 0 radical (unpaired) electrons. The third kappa shape index (κ3) is 4.37. The Balaban J connectivity index is 1.64. The van der Waals surface area contributed by atoms with Crippen LogP contribution >= 0.6 is 11.6 Å². The lowest BCUT2D eigenvalue weighted by molar-refractivity contribution is 0.0950. The van der Waals surface area contributed by atoms with E-state index in [0.717, 1.165) is 28.0 Å². The van der Waals surface area contributed by atoms with Gasteiger partial charge in [0.15, 0.2) is 11.5 Å². The van der Waals surface area contributed by atoms with Crippen LogP contribution in [-0.4, -0.2) is 30.6 Å². The van der Waals surface area contributed by atoms with Crippen LogP contribution in [0, 0.1) is 0 Å². The molecule has 6 heteroatoms.